The van der Waals surface area contributed by atoms with Gasteiger partial charge in [-0.25, -0.2) is 0 Å². The van der Waals surface area contributed by atoms with E-state index in [2.05, 4.69) is 104 Å². The van der Waals surface area contributed by atoms with Gasteiger partial charge in [-0.15, -0.1) is 0 Å². The molecule has 9 rings (SSSR count). The molecule has 0 amide bonds. The zero-order valence-corrected chi connectivity index (χ0v) is 27.6. The summed E-state index contributed by atoms with van der Waals surface area (Å²) >= 11 is 0. The summed E-state index contributed by atoms with van der Waals surface area (Å²) in [5.74, 6) is 0.251. The molecule has 0 spiro atoms. The molecule has 2 nitrogen and oxygen atoms in total. The summed E-state index contributed by atoms with van der Waals surface area (Å²) in [6.07, 6.45) is 12.7. The first-order chi connectivity index (χ1) is 24.6. The van der Waals surface area contributed by atoms with Crippen molar-refractivity contribution in [1.29, 1.82) is 0 Å². The molecule has 0 saturated carbocycles. The van der Waals surface area contributed by atoms with E-state index in [4.69, 9.17) is 4.42 Å². The van der Waals surface area contributed by atoms with E-state index in [1.54, 1.807) is 6.07 Å². The molecule has 0 aliphatic heterocycles. The third kappa shape index (κ3) is 4.64. The molecular weight excluding hydrogens is 609 g/mol. The lowest BCUT2D eigenvalue weighted by Gasteiger charge is -2.22. The molecule has 0 radical (unpaired) electrons. The number of phenolic OH excluding ortho intramolecular Hbond substituents is 1. The normalized spacial score (nSPS) is 12.9. The maximum absolute atomic E-state index is 11.2. The number of fused-ring (bicyclic) bond motifs is 6. The van der Waals surface area contributed by atoms with Gasteiger partial charge in [0.05, 0.1) is 0 Å². The lowest BCUT2D eigenvalue weighted by molar-refractivity contribution is 0.478. The lowest BCUT2D eigenvalue weighted by Crippen LogP contribution is -2.00. The summed E-state index contributed by atoms with van der Waals surface area (Å²) in [7, 11) is 0. The topological polar surface area (TPSA) is 33.4 Å². The van der Waals surface area contributed by atoms with Crippen LogP contribution < -0.4 is 0 Å². The standard InChI is InChI=1S/C48H34O2/c1-3-36-37(4-2)45(39-21-12-11-20-38(39)44(36)30-14-7-5-8-15-30)35-19-13-18-33(28-35)34-24-26-42-40(29-34)48-43(50-42)27-23-32-22-25-41(49)46(47(32)48)31-16-9-6-10-17-31/h3-7,9-14,16-29,49H,1-2,8,15H2. The third-order valence-corrected chi connectivity index (χ3v) is 10.2. The Morgan fingerprint density at radius 1 is 0.560 bits per heavy atom. The Morgan fingerprint density at radius 2 is 1.24 bits per heavy atom. The molecule has 1 aliphatic rings. The summed E-state index contributed by atoms with van der Waals surface area (Å²) < 4.78 is 6.43. The monoisotopic (exact) mass is 642 g/mol. The second-order valence-electron chi connectivity index (χ2n) is 12.9. The molecule has 0 atom stereocenters. The first-order valence-electron chi connectivity index (χ1n) is 17.1. The predicted molar refractivity (Wildman–Crippen MR) is 213 cm³/mol. The minimum Gasteiger partial charge on any atom is -0.507 e. The fourth-order valence-electron chi connectivity index (χ4n) is 7.97. The summed E-state index contributed by atoms with van der Waals surface area (Å²) in [5, 5.41) is 17.7. The number of benzene rings is 7. The summed E-state index contributed by atoms with van der Waals surface area (Å²) in [4.78, 5) is 0. The third-order valence-electron chi connectivity index (χ3n) is 10.2. The van der Waals surface area contributed by atoms with Crippen molar-refractivity contribution >= 4 is 61.2 Å². The van der Waals surface area contributed by atoms with Crippen molar-refractivity contribution in [2.75, 3.05) is 0 Å². The Bertz CT molecular complexity index is 2740. The van der Waals surface area contributed by atoms with E-state index in [1.807, 2.05) is 54.6 Å². The number of phenols is 1. The van der Waals surface area contributed by atoms with Crippen molar-refractivity contribution in [1.82, 2.24) is 0 Å². The van der Waals surface area contributed by atoms with E-state index >= 15 is 0 Å². The van der Waals surface area contributed by atoms with Gasteiger partial charge in [0.25, 0.3) is 0 Å². The van der Waals surface area contributed by atoms with Crippen LogP contribution in [0.15, 0.2) is 157 Å². The molecular formula is C48H34O2. The van der Waals surface area contributed by atoms with Crippen molar-refractivity contribution in [2.24, 2.45) is 0 Å². The largest absolute Gasteiger partial charge is 0.507 e. The molecule has 0 saturated heterocycles. The molecule has 8 aromatic rings. The van der Waals surface area contributed by atoms with E-state index in [1.165, 1.54) is 21.9 Å². The van der Waals surface area contributed by atoms with Crippen molar-refractivity contribution in [3.8, 4) is 39.1 Å². The van der Waals surface area contributed by atoms with Gasteiger partial charge < -0.3 is 9.52 Å². The lowest BCUT2D eigenvalue weighted by atomic mass is 9.81. The van der Waals surface area contributed by atoms with Gasteiger partial charge in [0.2, 0.25) is 0 Å². The first-order valence-corrected chi connectivity index (χ1v) is 17.1. The summed E-state index contributed by atoms with van der Waals surface area (Å²) in [6.45, 7) is 8.59. The van der Waals surface area contributed by atoms with Crippen LogP contribution in [0.4, 0.5) is 0 Å². The van der Waals surface area contributed by atoms with E-state index < -0.39 is 0 Å². The van der Waals surface area contributed by atoms with Gasteiger partial charge in [0, 0.05) is 21.7 Å². The van der Waals surface area contributed by atoms with Crippen LogP contribution in [-0.4, -0.2) is 5.11 Å². The Balaban J connectivity index is 1.27. The highest BCUT2D eigenvalue weighted by Gasteiger charge is 2.21. The van der Waals surface area contributed by atoms with Crippen molar-refractivity contribution < 1.29 is 9.52 Å². The fourth-order valence-corrected chi connectivity index (χ4v) is 7.97. The van der Waals surface area contributed by atoms with Gasteiger partial charge in [0.1, 0.15) is 16.9 Å². The Kier molecular flexibility index (Phi) is 7.10. The van der Waals surface area contributed by atoms with Crippen LogP contribution in [-0.2, 0) is 0 Å². The van der Waals surface area contributed by atoms with Crippen LogP contribution in [0.2, 0.25) is 0 Å². The van der Waals surface area contributed by atoms with Crippen molar-refractivity contribution in [3.05, 3.63) is 169 Å². The van der Waals surface area contributed by atoms with Gasteiger partial charge in [-0.2, -0.15) is 0 Å². The van der Waals surface area contributed by atoms with E-state index in [9.17, 15) is 5.11 Å². The number of aromatic hydroxyl groups is 1. The fraction of sp³-hybridized carbons (Fsp3) is 0.0417. The van der Waals surface area contributed by atoms with Crippen LogP contribution in [0.1, 0.15) is 29.5 Å². The van der Waals surface area contributed by atoms with E-state index in [0.717, 1.165) is 90.1 Å². The molecule has 1 heterocycles. The second-order valence-corrected chi connectivity index (χ2v) is 12.9. The Hall–Kier alpha value is -6.38. The molecule has 50 heavy (non-hydrogen) atoms. The first kappa shape index (κ1) is 29.7. The van der Waals surface area contributed by atoms with Crippen LogP contribution in [0.5, 0.6) is 5.75 Å². The molecule has 2 heteroatoms. The van der Waals surface area contributed by atoms with Crippen LogP contribution in [0.3, 0.4) is 0 Å². The highest BCUT2D eigenvalue weighted by molar-refractivity contribution is 6.24. The molecule has 0 unspecified atom stereocenters. The van der Waals surface area contributed by atoms with Crippen molar-refractivity contribution in [2.45, 2.75) is 12.8 Å². The SMILES string of the molecule is C=Cc1c(C=C)c(-c2cccc(-c3ccc4oc5ccc6ccc(O)c(-c7ccccc7)c6c5c4c3)c2)c2ccccc2c1C1=CC=CCC1. The molecule has 1 aromatic heterocycles. The molecule has 7 aromatic carbocycles. The summed E-state index contributed by atoms with van der Waals surface area (Å²) in [5.41, 5.74) is 12.7. The number of allylic oxidation sites excluding steroid dienone is 4. The zero-order chi connectivity index (χ0) is 33.8. The maximum Gasteiger partial charge on any atom is 0.136 e. The zero-order valence-electron chi connectivity index (χ0n) is 27.6. The highest BCUT2D eigenvalue weighted by Crippen LogP contribution is 2.46. The van der Waals surface area contributed by atoms with E-state index in [0.29, 0.717) is 0 Å². The molecule has 238 valence electrons. The average Bonchev–Trinajstić information content (AvgIpc) is 3.56. The smallest absolute Gasteiger partial charge is 0.136 e. The van der Waals surface area contributed by atoms with Gasteiger partial charge >= 0.3 is 0 Å². The van der Waals surface area contributed by atoms with E-state index in [-0.39, 0.29) is 5.75 Å². The number of hydrogen-bond acceptors (Lipinski definition) is 2. The Labute approximate surface area is 291 Å². The minimum atomic E-state index is 0.251. The molecule has 0 bridgehead atoms. The van der Waals surface area contributed by atoms with Gasteiger partial charge in [0.15, 0.2) is 0 Å². The average molecular weight is 643 g/mol. The van der Waals surface area contributed by atoms with Crippen LogP contribution in [0, 0.1) is 0 Å². The van der Waals surface area contributed by atoms with Crippen LogP contribution in [0.25, 0.3) is 94.6 Å². The van der Waals surface area contributed by atoms with Gasteiger partial charge in [-0.1, -0.05) is 135 Å². The predicted octanol–water partition coefficient (Wildman–Crippen LogP) is 13.6. The molecule has 1 N–H and O–H groups in total. The number of furan rings is 1. The van der Waals surface area contributed by atoms with Gasteiger partial charge in [-0.3, -0.25) is 0 Å². The van der Waals surface area contributed by atoms with Gasteiger partial charge in [-0.05, 0) is 109 Å². The quantitative estimate of drug-likeness (QED) is 0.196. The Morgan fingerprint density at radius 3 is 2.02 bits per heavy atom. The van der Waals surface area contributed by atoms with Crippen LogP contribution >= 0.6 is 0 Å². The highest BCUT2D eigenvalue weighted by atomic mass is 16.3. The minimum absolute atomic E-state index is 0.251. The number of hydrogen-bond donors (Lipinski definition) is 1. The second kappa shape index (κ2) is 11.9. The van der Waals surface area contributed by atoms with Crippen molar-refractivity contribution in [3.63, 3.8) is 0 Å². The molecule has 1 aliphatic carbocycles. The molecule has 0 fully saturated rings. The maximum atomic E-state index is 11.2. The number of rotatable bonds is 6. The summed E-state index contributed by atoms with van der Waals surface area (Å²) in [6, 6.07) is 41.9.